The van der Waals surface area contributed by atoms with Gasteiger partial charge in [0, 0.05) is 12.6 Å². The highest BCUT2D eigenvalue weighted by atomic mass is 32.2. The number of nitrogens with one attached hydrogen (secondary N) is 2. The van der Waals surface area contributed by atoms with E-state index in [2.05, 4.69) is 20.6 Å². The second-order valence-electron chi connectivity index (χ2n) is 3.57. The Bertz CT molecular complexity index is 417. The molecule has 2 N–H and O–H groups in total. The molecule has 1 aromatic rings. The van der Waals surface area contributed by atoms with Crippen molar-refractivity contribution in [2.24, 2.45) is 0 Å². The fourth-order valence-electron chi connectivity index (χ4n) is 1.16. The highest BCUT2D eigenvalue weighted by Gasteiger charge is 2.40. The topological polar surface area (TPSA) is 49.8 Å². The van der Waals surface area contributed by atoms with Crippen LogP contribution in [0.1, 0.15) is 6.92 Å². The van der Waals surface area contributed by atoms with Crippen LogP contribution in [0.4, 0.5) is 29.2 Å². The van der Waals surface area contributed by atoms with Crippen LogP contribution in [0, 0.1) is 0 Å². The summed E-state index contributed by atoms with van der Waals surface area (Å²) in [5.41, 5.74) is 0. The Hall–Kier alpha value is -1.25. The van der Waals surface area contributed by atoms with Gasteiger partial charge in [-0.1, -0.05) is 11.8 Å². The van der Waals surface area contributed by atoms with Crippen molar-refractivity contribution in [1.29, 1.82) is 0 Å². The SMILES string of the molecule is CCNc1cc(NCC(F)(F)C(F)F)nc(SC)n1. The Morgan fingerprint density at radius 2 is 1.84 bits per heavy atom. The van der Waals surface area contributed by atoms with Gasteiger partial charge in [0.2, 0.25) is 0 Å². The number of aromatic nitrogens is 2. The van der Waals surface area contributed by atoms with Crippen molar-refractivity contribution < 1.29 is 17.6 Å². The Morgan fingerprint density at radius 1 is 1.26 bits per heavy atom. The lowest BCUT2D eigenvalue weighted by Crippen LogP contribution is -2.35. The van der Waals surface area contributed by atoms with Crippen molar-refractivity contribution in [3.8, 4) is 0 Å². The molecule has 108 valence electrons. The van der Waals surface area contributed by atoms with E-state index in [0.29, 0.717) is 17.5 Å². The van der Waals surface area contributed by atoms with Crippen molar-refractivity contribution in [3.05, 3.63) is 6.07 Å². The normalized spacial score (nSPS) is 11.7. The minimum Gasteiger partial charge on any atom is -0.370 e. The molecule has 0 amide bonds. The fourth-order valence-corrected chi connectivity index (χ4v) is 1.54. The zero-order valence-electron chi connectivity index (χ0n) is 10.4. The maximum Gasteiger partial charge on any atom is 0.324 e. The lowest BCUT2D eigenvalue weighted by atomic mass is 10.3. The smallest absolute Gasteiger partial charge is 0.324 e. The van der Waals surface area contributed by atoms with Gasteiger partial charge in [-0.05, 0) is 13.2 Å². The molecule has 0 bridgehead atoms. The number of rotatable bonds is 7. The molecule has 9 heteroatoms. The van der Waals surface area contributed by atoms with E-state index in [1.165, 1.54) is 17.8 Å². The van der Waals surface area contributed by atoms with Crippen molar-refractivity contribution in [2.45, 2.75) is 24.4 Å². The maximum atomic E-state index is 12.8. The molecular formula is C10H14F4N4S. The predicted octanol–water partition coefficient (Wildman–Crippen LogP) is 2.94. The van der Waals surface area contributed by atoms with Crippen molar-refractivity contribution >= 4 is 23.4 Å². The van der Waals surface area contributed by atoms with Crippen LogP contribution in [0.3, 0.4) is 0 Å². The molecule has 0 aromatic carbocycles. The summed E-state index contributed by atoms with van der Waals surface area (Å²) in [5.74, 6) is -3.57. The van der Waals surface area contributed by atoms with E-state index in [9.17, 15) is 17.6 Å². The summed E-state index contributed by atoms with van der Waals surface area (Å²) in [7, 11) is 0. The largest absolute Gasteiger partial charge is 0.370 e. The first-order valence-electron chi connectivity index (χ1n) is 5.45. The quantitative estimate of drug-likeness (QED) is 0.460. The molecule has 0 saturated carbocycles. The summed E-state index contributed by atoms with van der Waals surface area (Å²) in [6.45, 7) is 1.26. The highest BCUT2D eigenvalue weighted by Crippen LogP contribution is 2.24. The van der Waals surface area contributed by atoms with E-state index >= 15 is 0 Å². The number of nitrogens with zero attached hydrogens (tertiary/aromatic N) is 2. The van der Waals surface area contributed by atoms with Crippen LogP contribution in [0.2, 0.25) is 0 Å². The van der Waals surface area contributed by atoms with E-state index < -0.39 is 18.9 Å². The first-order chi connectivity index (χ1) is 8.89. The molecule has 1 rings (SSSR count). The third kappa shape index (κ3) is 4.73. The zero-order chi connectivity index (χ0) is 14.5. The molecule has 0 unspecified atom stereocenters. The standard InChI is InChI=1S/C10H14F4N4S/c1-3-15-6-4-7(18-9(17-6)19-2)16-5-10(13,14)8(11)12/h4,8H,3,5H2,1-2H3,(H2,15,16,17,18). The first kappa shape index (κ1) is 15.8. The molecule has 0 atom stereocenters. The van der Waals surface area contributed by atoms with Gasteiger partial charge in [-0.2, -0.15) is 8.78 Å². The second-order valence-corrected chi connectivity index (χ2v) is 4.34. The molecule has 19 heavy (non-hydrogen) atoms. The van der Waals surface area contributed by atoms with Gasteiger partial charge < -0.3 is 10.6 Å². The predicted molar refractivity (Wildman–Crippen MR) is 67.4 cm³/mol. The molecular weight excluding hydrogens is 284 g/mol. The Kier molecular flexibility index (Phi) is 5.64. The summed E-state index contributed by atoms with van der Waals surface area (Å²) in [6, 6.07) is 1.39. The molecule has 0 aliphatic rings. The van der Waals surface area contributed by atoms with Gasteiger partial charge in [-0.15, -0.1) is 0 Å². The molecule has 0 fully saturated rings. The van der Waals surface area contributed by atoms with E-state index in [1.807, 2.05) is 6.92 Å². The van der Waals surface area contributed by atoms with E-state index in [-0.39, 0.29) is 5.82 Å². The van der Waals surface area contributed by atoms with Gasteiger partial charge in [0.25, 0.3) is 0 Å². The molecule has 0 saturated heterocycles. The number of halogens is 4. The van der Waals surface area contributed by atoms with Gasteiger partial charge in [0.05, 0.1) is 6.54 Å². The fraction of sp³-hybridized carbons (Fsp3) is 0.600. The van der Waals surface area contributed by atoms with E-state index in [4.69, 9.17) is 0 Å². The average Bonchev–Trinajstić information content (AvgIpc) is 2.36. The molecule has 4 nitrogen and oxygen atoms in total. The summed E-state index contributed by atoms with van der Waals surface area (Å²) in [6.07, 6.45) is -1.99. The number of hydrogen-bond acceptors (Lipinski definition) is 5. The maximum absolute atomic E-state index is 12.8. The number of thioether (sulfide) groups is 1. The van der Waals surface area contributed by atoms with Crippen LogP contribution in [0.5, 0.6) is 0 Å². The van der Waals surface area contributed by atoms with Crippen LogP contribution in [-0.4, -0.2) is 41.7 Å². The zero-order valence-corrected chi connectivity index (χ0v) is 11.2. The molecule has 0 aliphatic carbocycles. The summed E-state index contributed by atoms with van der Waals surface area (Å²) < 4.78 is 49.6. The van der Waals surface area contributed by atoms with Crippen molar-refractivity contribution in [3.63, 3.8) is 0 Å². The van der Waals surface area contributed by atoms with Crippen LogP contribution in [-0.2, 0) is 0 Å². The Morgan fingerprint density at radius 3 is 2.32 bits per heavy atom. The molecule has 0 aliphatic heterocycles. The van der Waals surface area contributed by atoms with Crippen molar-refractivity contribution in [1.82, 2.24) is 9.97 Å². The Labute approximate surface area is 112 Å². The minimum absolute atomic E-state index is 0.0793. The number of hydrogen-bond donors (Lipinski definition) is 2. The second kappa shape index (κ2) is 6.78. The van der Waals surface area contributed by atoms with Crippen LogP contribution < -0.4 is 10.6 Å². The van der Waals surface area contributed by atoms with E-state index in [1.54, 1.807) is 6.26 Å². The Balaban J connectivity index is 2.80. The number of anilines is 2. The minimum atomic E-state index is -4.09. The third-order valence-corrected chi connectivity index (χ3v) is 2.62. The third-order valence-electron chi connectivity index (χ3n) is 2.07. The average molecular weight is 298 g/mol. The van der Waals surface area contributed by atoms with Gasteiger partial charge in [0.1, 0.15) is 11.6 Å². The molecule has 1 heterocycles. The highest BCUT2D eigenvalue weighted by molar-refractivity contribution is 7.98. The van der Waals surface area contributed by atoms with Gasteiger partial charge in [-0.25, -0.2) is 18.7 Å². The van der Waals surface area contributed by atoms with Crippen molar-refractivity contribution in [2.75, 3.05) is 30.0 Å². The molecule has 0 spiro atoms. The van der Waals surface area contributed by atoms with Crippen LogP contribution in [0.25, 0.3) is 0 Å². The van der Waals surface area contributed by atoms with Crippen LogP contribution in [0.15, 0.2) is 11.2 Å². The van der Waals surface area contributed by atoms with Gasteiger partial charge in [0.15, 0.2) is 5.16 Å². The lowest BCUT2D eigenvalue weighted by molar-refractivity contribution is -0.117. The van der Waals surface area contributed by atoms with Gasteiger partial charge >= 0.3 is 12.3 Å². The van der Waals surface area contributed by atoms with Gasteiger partial charge in [-0.3, -0.25) is 0 Å². The molecule has 0 radical (unpaired) electrons. The monoisotopic (exact) mass is 298 g/mol. The van der Waals surface area contributed by atoms with E-state index in [0.717, 1.165) is 0 Å². The summed E-state index contributed by atoms with van der Waals surface area (Å²) in [4.78, 5) is 8.01. The first-order valence-corrected chi connectivity index (χ1v) is 6.68. The number of alkyl halides is 4. The van der Waals surface area contributed by atoms with Crippen LogP contribution >= 0.6 is 11.8 Å². The lowest BCUT2D eigenvalue weighted by Gasteiger charge is -2.16. The molecule has 1 aromatic heterocycles. The summed E-state index contributed by atoms with van der Waals surface area (Å²) >= 11 is 1.22. The summed E-state index contributed by atoms with van der Waals surface area (Å²) in [5, 5.41) is 5.47.